The monoisotopic (exact) mass is 405 g/mol. The predicted octanol–water partition coefficient (Wildman–Crippen LogP) is 2.73. The SMILES string of the molecule is CCCCCn1c(CCC(=O)NCCCC)nc2c1c(=O)[nH]c(=O)n2CCCC. The average Bonchev–Trinajstić information content (AvgIpc) is 3.05. The molecule has 0 spiro atoms. The molecular formula is C21H35N5O3. The molecule has 2 rings (SSSR count). The molecule has 162 valence electrons. The smallest absolute Gasteiger partial charge is 0.330 e. The molecule has 0 radical (unpaired) electrons. The van der Waals surface area contributed by atoms with Crippen molar-refractivity contribution in [2.45, 2.75) is 91.6 Å². The molecule has 0 bridgehead atoms. The van der Waals surface area contributed by atoms with Crippen LogP contribution in [-0.2, 0) is 24.3 Å². The van der Waals surface area contributed by atoms with Crippen molar-refractivity contribution in [3.8, 4) is 0 Å². The van der Waals surface area contributed by atoms with E-state index in [0.717, 1.165) is 44.9 Å². The van der Waals surface area contributed by atoms with Gasteiger partial charge in [0.15, 0.2) is 11.2 Å². The van der Waals surface area contributed by atoms with Crippen LogP contribution in [0.1, 0.15) is 78.0 Å². The van der Waals surface area contributed by atoms with Crippen LogP contribution in [0.2, 0.25) is 0 Å². The van der Waals surface area contributed by atoms with Crippen LogP contribution in [0.25, 0.3) is 11.2 Å². The molecule has 0 atom stereocenters. The first kappa shape index (κ1) is 22.9. The molecule has 8 heteroatoms. The van der Waals surface area contributed by atoms with Gasteiger partial charge in [0.2, 0.25) is 5.91 Å². The Morgan fingerprint density at radius 1 is 0.966 bits per heavy atom. The summed E-state index contributed by atoms with van der Waals surface area (Å²) in [5, 5.41) is 2.92. The molecule has 0 fully saturated rings. The summed E-state index contributed by atoms with van der Waals surface area (Å²) in [4.78, 5) is 44.2. The Hall–Kier alpha value is -2.38. The fraction of sp³-hybridized carbons (Fsp3) is 0.714. The highest BCUT2D eigenvalue weighted by molar-refractivity contribution is 5.76. The number of carbonyl (C=O) groups excluding carboxylic acids is 1. The standard InChI is InChI=1S/C21H35N5O3/c1-4-7-10-15-25-16(11-12-17(27)22-13-8-5-2)23-19-18(25)20(28)24-21(29)26(19)14-9-6-3/h4-15H2,1-3H3,(H,22,27)(H,24,28,29). The summed E-state index contributed by atoms with van der Waals surface area (Å²) in [5.74, 6) is 0.686. The van der Waals surface area contributed by atoms with E-state index in [-0.39, 0.29) is 5.91 Å². The molecular weight excluding hydrogens is 370 g/mol. The molecule has 29 heavy (non-hydrogen) atoms. The lowest BCUT2D eigenvalue weighted by Gasteiger charge is -2.09. The van der Waals surface area contributed by atoms with E-state index in [1.165, 1.54) is 0 Å². The number of amides is 1. The van der Waals surface area contributed by atoms with E-state index in [1.807, 2.05) is 4.57 Å². The van der Waals surface area contributed by atoms with Gasteiger partial charge in [0.05, 0.1) is 0 Å². The maximum atomic E-state index is 12.6. The van der Waals surface area contributed by atoms with Crippen molar-refractivity contribution in [1.29, 1.82) is 0 Å². The zero-order chi connectivity index (χ0) is 21.2. The minimum absolute atomic E-state index is 0.0112. The van der Waals surface area contributed by atoms with Crippen LogP contribution >= 0.6 is 0 Å². The number of hydrogen-bond acceptors (Lipinski definition) is 4. The second kappa shape index (κ2) is 11.6. The maximum absolute atomic E-state index is 12.6. The van der Waals surface area contributed by atoms with Crippen LogP contribution in [0.3, 0.4) is 0 Å². The number of hydrogen-bond donors (Lipinski definition) is 2. The highest BCUT2D eigenvalue weighted by Gasteiger charge is 2.18. The quantitative estimate of drug-likeness (QED) is 0.500. The number of aromatic nitrogens is 4. The van der Waals surface area contributed by atoms with Gasteiger partial charge in [0.1, 0.15) is 5.82 Å². The van der Waals surface area contributed by atoms with Gasteiger partial charge in [-0.25, -0.2) is 9.78 Å². The number of imidazole rings is 1. The normalized spacial score (nSPS) is 11.3. The summed E-state index contributed by atoms with van der Waals surface area (Å²) in [6.45, 7) is 8.12. The van der Waals surface area contributed by atoms with E-state index in [1.54, 1.807) is 4.57 Å². The minimum atomic E-state index is -0.419. The second-order valence-electron chi connectivity index (χ2n) is 7.53. The number of nitrogens with zero attached hydrogens (tertiary/aromatic N) is 3. The summed E-state index contributed by atoms with van der Waals surface area (Å²) < 4.78 is 3.46. The van der Waals surface area contributed by atoms with Gasteiger partial charge >= 0.3 is 5.69 Å². The van der Waals surface area contributed by atoms with Crippen molar-refractivity contribution in [3.05, 3.63) is 26.7 Å². The molecule has 2 aromatic heterocycles. The number of aryl methyl sites for hydroxylation is 3. The van der Waals surface area contributed by atoms with Crippen molar-refractivity contribution < 1.29 is 4.79 Å². The summed E-state index contributed by atoms with van der Waals surface area (Å²) in [6.07, 6.45) is 7.56. The summed E-state index contributed by atoms with van der Waals surface area (Å²) >= 11 is 0. The lowest BCUT2D eigenvalue weighted by molar-refractivity contribution is -0.121. The van der Waals surface area contributed by atoms with E-state index in [4.69, 9.17) is 0 Å². The number of aromatic amines is 1. The van der Waals surface area contributed by atoms with Gasteiger partial charge in [-0.1, -0.05) is 46.5 Å². The van der Waals surface area contributed by atoms with Gasteiger partial charge in [-0.2, -0.15) is 0 Å². The van der Waals surface area contributed by atoms with E-state index in [9.17, 15) is 14.4 Å². The number of H-pyrrole nitrogens is 1. The maximum Gasteiger partial charge on any atom is 0.330 e. The third kappa shape index (κ3) is 6.05. The van der Waals surface area contributed by atoms with Crippen molar-refractivity contribution in [2.24, 2.45) is 0 Å². The predicted molar refractivity (Wildman–Crippen MR) is 115 cm³/mol. The molecule has 2 N–H and O–H groups in total. The largest absolute Gasteiger partial charge is 0.356 e. The number of nitrogens with one attached hydrogen (secondary N) is 2. The van der Waals surface area contributed by atoms with Gasteiger partial charge in [-0.3, -0.25) is 19.1 Å². The second-order valence-corrected chi connectivity index (χ2v) is 7.53. The Morgan fingerprint density at radius 2 is 1.66 bits per heavy atom. The molecule has 0 aromatic carbocycles. The van der Waals surface area contributed by atoms with Gasteiger partial charge in [0, 0.05) is 32.5 Å². The zero-order valence-corrected chi connectivity index (χ0v) is 18.1. The van der Waals surface area contributed by atoms with E-state index in [0.29, 0.717) is 49.5 Å². The number of unbranched alkanes of at least 4 members (excludes halogenated alkanes) is 4. The Morgan fingerprint density at radius 3 is 2.34 bits per heavy atom. The first-order valence-electron chi connectivity index (χ1n) is 11.0. The van der Waals surface area contributed by atoms with Crippen LogP contribution < -0.4 is 16.6 Å². The Kier molecular flexibility index (Phi) is 9.15. The molecule has 0 saturated heterocycles. The van der Waals surface area contributed by atoms with Gasteiger partial charge in [-0.15, -0.1) is 0 Å². The first-order valence-corrected chi connectivity index (χ1v) is 11.0. The molecule has 0 aliphatic rings. The van der Waals surface area contributed by atoms with Crippen LogP contribution in [0.4, 0.5) is 0 Å². The zero-order valence-electron chi connectivity index (χ0n) is 18.1. The van der Waals surface area contributed by atoms with E-state index in [2.05, 4.69) is 36.1 Å². The van der Waals surface area contributed by atoms with Crippen molar-refractivity contribution in [3.63, 3.8) is 0 Å². The van der Waals surface area contributed by atoms with Crippen LogP contribution in [-0.4, -0.2) is 31.6 Å². The van der Waals surface area contributed by atoms with Crippen LogP contribution in [0.15, 0.2) is 9.59 Å². The third-order valence-corrected chi connectivity index (χ3v) is 5.11. The van der Waals surface area contributed by atoms with E-state index >= 15 is 0 Å². The first-order chi connectivity index (χ1) is 14.0. The highest BCUT2D eigenvalue weighted by Crippen LogP contribution is 2.15. The fourth-order valence-corrected chi connectivity index (χ4v) is 3.41. The summed E-state index contributed by atoms with van der Waals surface area (Å²) in [5.41, 5.74) is 0.0571. The molecule has 0 aliphatic carbocycles. The number of carbonyl (C=O) groups is 1. The molecule has 0 saturated carbocycles. The Balaban J connectivity index is 2.37. The van der Waals surface area contributed by atoms with Crippen LogP contribution in [0.5, 0.6) is 0 Å². The average molecular weight is 406 g/mol. The number of fused-ring (bicyclic) bond motifs is 1. The Labute approximate surface area is 171 Å². The molecule has 2 aromatic rings. The Bertz CT molecular complexity index is 909. The lowest BCUT2D eigenvalue weighted by Crippen LogP contribution is -2.31. The fourth-order valence-electron chi connectivity index (χ4n) is 3.41. The van der Waals surface area contributed by atoms with E-state index < -0.39 is 11.2 Å². The molecule has 1 amide bonds. The molecule has 0 aliphatic heterocycles. The summed E-state index contributed by atoms with van der Waals surface area (Å²) in [7, 11) is 0. The topological polar surface area (TPSA) is 102 Å². The van der Waals surface area contributed by atoms with Gasteiger partial charge in [-0.05, 0) is 19.3 Å². The van der Waals surface area contributed by atoms with Crippen molar-refractivity contribution in [2.75, 3.05) is 6.54 Å². The van der Waals surface area contributed by atoms with Gasteiger partial charge < -0.3 is 9.88 Å². The molecule has 8 nitrogen and oxygen atoms in total. The highest BCUT2D eigenvalue weighted by atomic mass is 16.2. The van der Waals surface area contributed by atoms with Crippen molar-refractivity contribution in [1.82, 2.24) is 24.4 Å². The third-order valence-electron chi connectivity index (χ3n) is 5.11. The van der Waals surface area contributed by atoms with Crippen molar-refractivity contribution >= 4 is 17.1 Å². The van der Waals surface area contributed by atoms with Gasteiger partial charge in [0.25, 0.3) is 5.56 Å². The molecule has 0 unspecified atom stereocenters. The summed E-state index contributed by atoms with van der Waals surface area (Å²) in [6, 6.07) is 0. The molecule has 2 heterocycles. The minimum Gasteiger partial charge on any atom is -0.356 e. The number of rotatable bonds is 13. The van der Waals surface area contributed by atoms with Crippen LogP contribution in [0, 0.1) is 0 Å². The lowest BCUT2D eigenvalue weighted by atomic mass is 10.2.